The number of nitrogens with zero attached hydrogens (tertiary/aromatic N) is 2. The molecule has 1 heterocycles. The van der Waals surface area contributed by atoms with Crippen LogP contribution in [0.3, 0.4) is 0 Å². The van der Waals surface area contributed by atoms with Crippen LogP contribution < -0.4 is 0 Å². The zero-order valence-electron chi connectivity index (χ0n) is 11.3. The summed E-state index contributed by atoms with van der Waals surface area (Å²) in [5, 5.41) is 13.2. The minimum absolute atomic E-state index is 0.100. The van der Waals surface area contributed by atoms with Crippen molar-refractivity contribution in [3.05, 3.63) is 41.6 Å². The summed E-state index contributed by atoms with van der Waals surface area (Å²) in [6.07, 6.45) is 1.91. The first-order valence-electron chi connectivity index (χ1n) is 6.56. The minimum atomic E-state index is -0.985. The first-order chi connectivity index (χ1) is 9.15. The van der Waals surface area contributed by atoms with Gasteiger partial charge in [0.2, 0.25) is 0 Å². The van der Waals surface area contributed by atoms with Gasteiger partial charge in [-0.1, -0.05) is 38.1 Å². The molecule has 1 aromatic carbocycles. The molecule has 100 valence electrons. The molecule has 0 saturated carbocycles. The number of rotatable bonds is 5. The molecule has 4 nitrogen and oxygen atoms in total. The SMILES string of the molecule is CCCn1nc(C(=O)O)cc1-c1ccc(CC)cc1. The van der Waals surface area contributed by atoms with E-state index >= 15 is 0 Å². The maximum atomic E-state index is 11.0. The van der Waals surface area contributed by atoms with Gasteiger partial charge < -0.3 is 5.11 Å². The van der Waals surface area contributed by atoms with Crippen LogP contribution in [0.15, 0.2) is 30.3 Å². The van der Waals surface area contributed by atoms with Gasteiger partial charge in [-0.05, 0) is 30.0 Å². The summed E-state index contributed by atoms with van der Waals surface area (Å²) in [6.45, 7) is 4.88. The summed E-state index contributed by atoms with van der Waals surface area (Å²) >= 11 is 0. The highest BCUT2D eigenvalue weighted by atomic mass is 16.4. The molecule has 0 bridgehead atoms. The second-order valence-corrected chi connectivity index (χ2v) is 4.49. The molecule has 2 rings (SSSR count). The van der Waals surface area contributed by atoms with Gasteiger partial charge in [0.05, 0.1) is 5.69 Å². The van der Waals surface area contributed by atoms with E-state index in [1.807, 2.05) is 19.1 Å². The summed E-state index contributed by atoms with van der Waals surface area (Å²) in [5.74, 6) is -0.985. The van der Waals surface area contributed by atoms with Crippen molar-refractivity contribution in [2.75, 3.05) is 0 Å². The summed E-state index contributed by atoms with van der Waals surface area (Å²) < 4.78 is 1.77. The Bertz CT molecular complexity index is 570. The Hall–Kier alpha value is -2.10. The first kappa shape index (κ1) is 13.3. The lowest BCUT2D eigenvalue weighted by Crippen LogP contribution is -2.04. The second kappa shape index (κ2) is 5.69. The molecule has 1 aromatic heterocycles. The summed E-state index contributed by atoms with van der Waals surface area (Å²) in [4.78, 5) is 11.0. The fourth-order valence-electron chi connectivity index (χ4n) is 2.05. The van der Waals surface area contributed by atoms with E-state index in [4.69, 9.17) is 5.11 Å². The van der Waals surface area contributed by atoms with Gasteiger partial charge in [0.15, 0.2) is 5.69 Å². The molecule has 1 N–H and O–H groups in total. The maximum Gasteiger partial charge on any atom is 0.356 e. The maximum absolute atomic E-state index is 11.0. The van der Waals surface area contributed by atoms with Gasteiger partial charge in [0.25, 0.3) is 0 Å². The number of hydrogen-bond acceptors (Lipinski definition) is 2. The zero-order valence-corrected chi connectivity index (χ0v) is 11.3. The Labute approximate surface area is 112 Å². The van der Waals surface area contributed by atoms with Crippen LogP contribution in [0.2, 0.25) is 0 Å². The van der Waals surface area contributed by atoms with E-state index in [1.165, 1.54) is 5.56 Å². The van der Waals surface area contributed by atoms with Crippen molar-refractivity contribution in [3.63, 3.8) is 0 Å². The predicted octanol–water partition coefficient (Wildman–Crippen LogP) is 3.22. The van der Waals surface area contributed by atoms with Gasteiger partial charge in [-0.2, -0.15) is 5.10 Å². The molecule has 0 fully saturated rings. The molecule has 0 atom stereocenters. The summed E-state index contributed by atoms with van der Waals surface area (Å²) in [6, 6.07) is 9.82. The highest BCUT2D eigenvalue weighted by molar-refractivity contribution is 5.87. The molecule has 19 heavy (non-hydrogen) atoms. The van der Waals surface area contributed by atoms with Crippen LogP contribution in [0.4, 0.5) is 0 Å². The Morgan fingerprint density at radius 2 is 1.95 bits per heavy atom. The number of aromatic carboxylic acids is 1. The third-order valence-electron chi connectivity index (χ3n) is 3.09. The van der Waals surface area contributed by atoms with Crippen molar-refractivity contribution in [3.8, 4) is 11.3 Å². The summed E-state index contributed by atoms with van der Waals surface area (Å²) in [5.41, 5.74) is 3.24. The van der Waals surface area contributed by atoms with Crippen LogP contribution in [0, 0.1) is 0 Å². The number of carbonyl (C=O) groups is 1. The Morgan fingerprint density at radius 1 is 1.26 bits per heavy atom. The summed E-state index contributed by atoms with van der Waals surface area (Å²) in [7, 11) is 0. The average Bonchev–Trinajstić information content (AvgIpc) is 2.84. The third kappa shape index (κ3) is 2.84. The lowest BCUT2D eigenvalue weighted by atomic mass is 10.1. The Kier molecular flexibility index (Phi) is 4.00. The van der Waals surface area contributed by atoms with Crippen LogP contribution in [-0.4, -0.2) is 20.9 Å². The molecule has 0 unspecified atom stereocenters. The van der Waals surface area contributed by atoms with Crippen molar-refractivity contribution in [2.45, 2.75) is 33.2 Å². The normalized spacial score (nSPS) is 10.6. The lowest BCUT2D eigenvalue weighted by Gasteiger charge is -2.06. The van der Waals surface area contributed by atoms with E-state index in [0.717, 1.165) is 30.6 Å². The van der Waals surface area contributed by atoms with E-state index in [2.05, 4.69) is 24.2 Å². The largest absolute Gasteiger partial charge is 0.476 e. The zero-order chi connectivity index (χ0) is 13.8. The highest BCUT2D eigenvalue weighted by Crippen LogP contribution is 2.22. The van der Waals surface area contributed by atoms with E-state index in [-0.39, 0.29) is 5.69 Å². The fraction of sp³-hybridized carbons (Fsp3) is 0.333. The van der Waals surface area contributed by atoms with Crippen molar-refractivity contribution in [1.29, 1.82) is 0 Å². The Balaban J connectivity index is 2.43. The van der Waals surface area contributed by atoms with E-state index in [0.29, 0.717) is 0 Å². The van der Waals surface area contributed by atoms with Crippen molar-refractivity contribution < 1.29 is 9.90 Å². The number of aryl methyl sites for hydroxylation is 2. The molecular formula is C15H18N2O2. The van der Waals surface area contributed by atoms with Gasteiger partial charge in [-0.15, -0.1) is 0 Å². The van der Waals surface area contributed by atoms with E-state index in [9.17, 15) is 4.79 Å². The number of aromatic nitrogens is 2. The quantitative estimate of drug-likeness (QED) is 0.895. The minimum Gasteiger partial charge on any atom is -0.476 e. The molecule has 0 saturated heterocycles. The lowest BCUT2D eigenvalue weighted by molar-refractivity contribution is 0.0689. The molecule has 4 heteroatoms. The standard InChI is InChI=1S/C15H18N2O2/c1-3-9-17-14(10-13(16-17)15(18)19)12-7-5-11(4-2)6-8-12/h5-8,10H,3-4,9H2,1-2H3,(H,18,19). The fourth-order valence-corrected chi connectivity index (χ4v) is 2.05. The van der Waals surface area contributed by atoms with Gasteiger partial charge >= 0.3 is 5.97 Å². The van der Waals surface area contributed by atoms with Crippen LogP contribution in [0.25, 0.3) is 11.3 Å². The molecule has 0 aliphatic heterocycles. The number of benzene rings is 1. The molecule has 0 radical (unpaired) electrons. The molecular weight excluding hydrogens is 240 g/mol. The molecule has 2 aromatic rings. The van der Waals surface area contributed by atoms with Gasteiger partial charge in [-0.25, -0.2) is 4.79 Å². The Morgan fingerprint density at radius 3 is 2.47 bits per heavy atom. The number of carboxylic acids is 1. The first-order valence-corrected chi connectivity index (χ1v) is 6.56. The van der Waals surface area contributed by atoms with E-state index < -0.39 is 5.97 Å². The van der Waals surface area contributed by atoms with Crippen molar-refractivity contribution in [2.24, 2.45) is 0 Å². The highest BCUT2D eigenvalue weighted by Gasteiger charge is 2.14. The predicted molar refractivity (Wildman–Crippen MR) is 74.3 cm³/mol. The monoisotopic (exact) mass is 258 g/mol. The third-order valence-corrected chi connectivity index (χ3v) is 3.09. The topological polar surface area (TPSA) is 55.1 Å². The number of hydrogen-bond donors (Lipinski definition) is 1. The van der Waals surface area contributed by atoms with Crippen LogP contribution >= 0.6 is 0 Å². The molecule has 0 aliphatic rings. The van der Waals surface area contributed by atoms with Crippen LogP contribution in [0.1, 0.15) is 36.3 Å². The average molecular weight is 258 g/mol. The van der Waals surface area contributed by atoms with Crippen molar-refractivity contribution in [1.82, 2.24) is 9.78 Å². The van der Waals surface area contributed by atoms with Crippen LogP contribution in [0.5, 0.6) is 0 Å². The van der Waals surface area contributed by atoms with Gasteiger partial charge in [-0.3, -0.25) is 4.68 Å². The molecule has 0 amide bonds. The molecule has 0 aliphatic carbocycles. The molecule has 0 spiro atoms. The van der Waals surface area contributed by atoms with Gasteiger partial charge in [0.1, 0.15) is 0 Å². The smallest absolute Gasteiger partial charge is 0.356 e. The van der Waals surface area contributed by atoms with Crippen molar-refractivity contribution >= 4 is 5.97 Å². The van der Waals surface area contributed by atoms with Crippen LogP contribution in [-0.2, 0) is 13.0 Å². The van der Waals surface area contributed by atoms with Gasteiger partial charge in [0, 0.05) is 6.54 Å². The second-order valence-electron chi connectivity index (χ2n) is 4.49. The number of carboxylic acid groups (broad SMARTS) is 1. The van der Waals surface area contributed by atoms with E-state index in [1.54, 1.807) is 10.7 Å².